The molecule has 1 N–H and O–H groups in total. The third kappa shape index (κ3) is 4.00. The summed E-state index contributed by atoms with van der Waals surface area (Å²) < 4.78 is 4.95. The van der Waals surface area contributed by atoms with Gasteiger partial charge >= 0.3 is 5.97 Å². The second kappa shape index (κ2) is 7.80. The van der Waals surface area contributed by atoms with E-state index < -0.39 is 0 Å². The Labute approximate surface area is 159 Å². The summed E-state index contributed by atoms with van der Waals surface area (Å²) >= 11 is 3.07. The summed E-state index contributed by atoms with van der Waals surface area (Å²) in [6, 6.07) is 10.4. The van der Waals surface area contributed by atoms with Crippen LogP contribution < -0.4 is 5.32 Å². The fraction of sp³-hybridized carbons (Fsp3) is 0.211. The number of amides is 1. The molecule has 3 aromatic rings. The smallest absolute Gasteiger partial charge is 0.338 e. The Hall–Kier alpha value is -2.51. The lowest BCUT2D eigenvalue weighted by Gasteiger charge is -2.05. The van der Waals surface area contributed by atoms with E-state index in [9.17, 15) is 9.59 Å². The molecule has 3 rings (SSSR count). The first kappa shape index (κ1) is 18.3. The number of hydrogen-bond donors (Lipinski definition) is 1. The zero-order valence-corrected chi connectivity index (χ0v) is 16.3. The Bertz CT molecular complexity index is 942. The Balaban J connectivity index is 1.71. The fourth-order valence-corrected chi connectivity index (χ4v) is 4.42. The van der Waals surface area contributed by atoms with E-state index in [0.717, 1.165) is 20.5 Å². The zero-order valence-electron chi connectivity index (χ0n) is 14.7. The van der Waals surface area contributed by atoms with Crippen LogP contribution in [0.5, 0.6) is 0 Å². The minimum absolute atomic E-state index is 0.177. The largest absolute Gasteiger partial charge is 0.462 e. The molecule has 0 aliphatic carbocycles. The third-order valence-corrected chi connectivity index (χ3v) is 5.95. The maximum Gasteiger partial charge on any atom is 0.338 e. The molecule has 0 spiro atoms. The van der Waals surface area contributed by atoms with Crippen molar-refractivity contribution in [3.05, 3.63) is 57.5 Å². The molecular weight excluding hydrogens is 368 g/mol. The molecule has 0 aliphatic heterocycles. The molecule has 0 atom stereocenters. The summed E-state index contributed by atoms with van der Waals surface area (Å²) in [4.78, 5) is 31.3. The monoisotopic (exact) mass is 386 g/mol. The molecular formula is C19H18N2O3S2. The number of nitrogens with one attached hydrogen (secondary N) is 1. The van der Waals surface area contributed by atoms with Gasteiger partial charge in [0.25, 0.3) is 5.91 Å². The van der Waals surface area contributed by atoms with Crippen molar-refractivity contribution in [2.75, 3.05) is 11.9 Å². The second-order valence-corrected chi connectivity index (χ2v) is 7.85. The van der Waals surface area contributed by atoms with Gasteiger partial charge < -0.3 is 10.1 Å². The summed E-state index contributed by atoms with van der Waals surface area (Å²) in [6.45, 7) is 6.04. The van der Waals surface area contributed by atoms with E-state index in [2.05, 4.69) is 10.3 Å². The molecule has 0 radical (unpaired) electrons. The first-order valence-corrected chi connectivity index (χ1v) is 9.74. The average molecular weight is 386 g/mol. The number of thiazole rings is 1. The Morgan fingerprint density at radius 3 is 2.42 bits per heavy atom. The van der Waals surface area contributed by atoms with Gasteiger partial charge in [0.05, 0.1) is 32.6 Å². The summed E-state index contributed by atoms with van der Waals surface area (Å²) in [5.41, 5.74) is 2.07. The Morgan fingerprint density at radius 1 is 1.08 bits per heavy atom. The van der Waals surface area contributed by atoms with Crippen LogP contribution in [-0.2, 0) is 4.74 Å². The third-order valence-electron chi connectivity index (χ3n) is 3.61. The van der Waals surface area contributed by atoms with Crippen molar-refractivity contribution < 1.29 is 14.3 Å². The maximum absolute atomic E-state index is 12.5. The fourth-order valence-electron chi connectivity index (χ4n) is 2.44. The molecule has 26 heavy (non-hydrogen) atoms. The van der Waals surface area contributed by atoms with Gasteiger partial charge in [0.15, 0.2) is 0 Å². The van der Waals surface area contributed by atoms with E-state index in [1.165, 1.54) is 11.3 Å². The number of carbonyl (C=O) groups is 2. The maximum atomic E-state index is 12.5. The van der Waals surface area contributed by atoms with E-state index in [1.54, 1.807) is 42.5 Å². The molecule has 0 saturated carbocycles. The van der Waals surface area contributed by atoms with Gasteiger partial charge in [0.2, 0.25) is 0 Å². The molecule has 134 valence electrons. The highest BCUT2D eigenvalue weighted by molar-refractivity contribution is 7.23. The molecule has 2 aromatic heterocycles. The van der Waals surface area contributed by atoms with Gasteiger partial charge in [-0.2, -0.15) is 0 Å². The molecule has 0 aliphatic rings. The number of benzene rings is 1. The van der Waals surface area contributed by atoms with Crippen molar-refractivity contribution in [1.82, 2.24) is 4.98 Å². The van der Waals surface area contributed by atoms with Gasteiger partial charge in [0.1, 0.15) is 0 Å². The molecule has 2 heterocycles. The van der Waals surface area contributed by atoms with Crippen molar-refractivity contribution in [2.45, 2.75) is 20.8 Å². The Morgan fingerprint density at radius 2 is 1.81 bits per heavy atom. The highest BCUT2D eigenvalue weighted by Gasteiger charge is 2.14. The number of aryl methyl sites for hydroxylation is 2. The van der Waals surface area contributed by atoms with Crippen LogP contribution in [0.1, 0.15) is 37.7 Å². The minimum Gasteiger partial charge on any atom is -0.462 e. The lowest BCUT2D eigenvalue weighted by atomic mass is 10.2. The standard InChI is InChI=1S/C19H18N2O3S2/c1-4-24-19(23)13-5-7-14(8-6-13)21-18(22)16-10-9-15(26-16)17-11(2)20-12(3)25-17/h5-10H,4H2,1-3H3,(H,21,22). The van der Waals surface area contributed by atoms with Crippen LogP contribution in [0.2, 0.25) is 0 Å². The minimum atomic E-state index is -0.372. The van der Waals surface area contributed by atoms with E-state index in [0.29, 0.717) is 22.7 Å². The average Bonchev–Trinajstić information content (AvgIpc) is 3.22. The zero-order chi connectivity index (χ0) is 18.7. The van der Waals surface area contributed by atoms with Crippen molar-refractivity contribution in [2.24, 2.45) is 0 Å². The van der Waals surface area contributed by atoms with Crippen LogP contribution in [0.25, 0.3) is 9.75 Å². The molecule has 0 saturated heterocycles. The number of carbonyl (C=O) groups excluding carboxylic acids is 2. The highest BCUT2D eigenvalue weighted by Crippen LogP contribution is 2.35. The topological polar surface area (TPSA) is 68.3 Å². The highest BCUT2D eigenvalue weighted by atomic mass is 32.1. The predicted molar refractivity (Wildman–Crippen MR) is 105 cm³/mol. The number of hydrogen-bond acceptors (Lipinski definition) is 6. The van der Waals surface area contributed by atoms with Crippen LogP contribution in [0, 0.1) is 13.8 Å². The van der Waals surface area contributed by atoms with E-state index >= 15 is 0 Å². The van der Waals surface area contributed by atoms with Gasteiger partial charge in [-0.3, -0.25) is 4.79 Å². The van der Waals surface area contributed by atoms with Crippen LogP contribution in [0.3, 0.4) is 0 Å². The van der Waals surface area contributed by atoms with E-state index in [4.69, 9.17) is 4.74 Å². The van der Waals surface area contributed by atoms with Crippen molar-refractivity contribution >= 4 is 40.2 Å². The molecule has 0 fully saturated rings. The summed E-state index contributed by atoms with van der Waals surface area (Å²) in [5, 5.41) is 3.86. The number of rotatable bonds is 5. The summed E-state index contributed by atoms with van der Waals surface area (Å²) in [7, 11) is 0. The normalized spacial score (nSPS) is 10.6. The van der Waals surface area contributed by atoms with Crippen LogP contribution in [0.4, 0.5) is 5.69 Å². The number of nitrogens with zero attached hydrogens (tertiary/aromatic N) is 1. The van der Waals surface area contributed by atoms with Crippen LogP contribution in [0.15, 0.2) is 36.4 Å². The van der Waals surface area contributed by atoms with Crippen LogP contribution in [-0.4, -0.2) is 23.5 Å². The number of thiophene rings is 1. The van der Waals surface area contributed by atoms with Gasteiger partial charge in [-0.25, -0.2) is 9.78 Å². The first-order chi connectivity index (χ1) is 12.5. The molecule has 0 unspecified atom stereocenters. The number of anilines is 1. The summed E-state index contributed by atoms with van der Waals surface area (Å²) in [5.74, 6) is -0.549. The van der Waals surface area contributed by atoms with Crippen LogP contribution >= 0.6 is 22.7 Å². The second-order valence-electron chi connectivity index (χ2n) is 5.56. The number of aromatic nitrogens is 1. The van der Waals surface area contributed by atoms with Crippen molar-refractivity contribution in [1.29, 1.82) is 0 Å². The molecule has 0 bridgehead atoms. The van der Waals surface area contributed by atoms with E-state index in [1.807, 2.05) is 26.0 Å². The first-order valence-electron chi connectivity index (χ1n) is 8.10. The molecule has 1 amide bonds. The predicted octanol–water partition coefficient (Wildman–Crippen LogP) is 4.92. The number of ether oxygens (including phenoxy) is 1. The van der Waals surface area contributed by atoms with Crippen molar-refractivity contribution in [3.8, 4) is 9.75 Å². The number of esters is 1. The van der Waals surface area contributed by atoms with Gasteiger partial charge in [0, 0.05) is 10.6 Å². The molecule has 5 nitrogen and oxygen atoms in total. The lowest BCUT2D eigenvalue weighted by molar-refractivity contribution is 0.0526. The quantitative estimate of drug-likeness (QED) is 0.632. The Kier molecular flexibility index (Phi) is 5.49. The SMILES string of the molecule is CCOC(=O)c1ccc(NC(=O)c2ccc(-c3sc(C)nc3C)s2)cc1. The van der Waals surface area contributed by atoms with Gasteiger partial charge in [-0.15, -0.1) is 22.7 Å². The van der Waals surface area contributed by atoms with Gasteiger partial charge in [-0.05, 0) is 57.2 Å². The van der Waals surface area contributed by atoms with Crippen molar-refractivity contribution in [3.63, 3.8) is 0 Å². The van der Waals surface area contributed by atoms with Gasteiger partial charge in [-0.1, -0.05) is 0 Å². The lowest BCUT2D eigenvalue weighted by Crippen LogP contribution is -2.10. The van der Waals surface area contributed by atoms with E-state index in [-0.39, 0.29) is 11.9 Å². The molecule has 7 heteroatoms. The summed E-state index contributed by atoms with van der Waals surface area (Å²) in [6.07, 6.45) is 0. The molecule has 1 aromatic carbocycles.